The Morgan fingerprint density at radius 2 is 1.77 bits per heavy atom. The number of carbonyl (C=O) groups excluding carboxylic acids is 1. The summed E-state index contributed by atoms with van der Waals surface area (Å²) in [5, 5.41) is 12.3. The third-order valence-corrected chi connectivity index (χ3v) is 4.74. The average Bonchev–Trinajstić information content (AvgIpc) is 3.20. The molecule has 0 aliphatic carbocycles. The Hall–Kier alpha value is -2.78. The highest BCUT2D eigenvalue weighted by Crippen LogP contribution is 2.21. The number of aliphatic hydroxyl groups excluding tert-OH is 1. The Morgan fingerprint density at radius 1 is 1.10 bits per heavy atom. The lowest BCUT2D eigenvalue weighted by molar-refractivity contribution is -0.330. The second-order valence-electron chi connectivity index (χ2n) is 6.99. The largest absolute Gasteiger partial charge is 0.522 e. The molecule has 2 N–H and O–H groups in total. The molecule has 3 rings (SSSR count). The van der Waals surface area contributed by atoms with Gasteiger partial charge >= 0.3 is 6.36 Å². The number of benzene rings is 2. The molecule has 1 aliphatic heterocycles. The Morgan fingerprint density at radius 3 is 2.40 bits per heavy atom. The van der Waals surface area contributed by atoms with Crippen LogP contribution in [0, 0.1) is 0 Å². The van der Waals surface area contributed by atoms with Gasteiger partial charge in [-0.3, -0.25) is 9.53 Å². The molecular weight excluding hydrogens is 401 g/mol. The molecule has 1 amide bonds. The van der Waals surface area contributed by atoms with Gasteiger partial charge in [-0.15, -0.1) is 13.2 Å². The van der Waals surface area contributed by atoms with Gasteiger partial charge in [0, 0.05) is 24.8 Å². The van der Waals surface area contributed by atoms with E-state index in [0.29, 0.717) is 24.4 Å². The molecule has 0 aromatic heterocycles. The van der Waals surface area contributed by atoms with Crippen molar-refractivity contribution in [2.24, 2.45) is 0 Å². The summed E-state index contributed by atoms with van der Waals surface area (Å²) in [7, 11) is 0. The van der Waals surface area contributed by atoms with E-state index in [-0.39, 0.29) is 25.2 Å². The summed E-state index contributed by atoms with van der Waals surface area (Å²) in [5.41, 5.74) is 1.96. The summed E-state index contributed by atoms with van der Waals surface area (Å²) in [6.07, 6.45) is -3.89. The maximum atomic E-state index is 12.4. The van der Waals surface area contributed by atoms with Crippen molar-refractivity contribution in [2.75, 3.05) is 25.0 Å². The first-order valence-corrected chi connectivity index (χ1v) is 9.49. The van der Waals surface area contributed by atoms with E-state index in [1.807, 2.05) is 0 Å². The summed E-state index contributed by atoms with van der Waals surface area (Å²) in [6.45, 7) is 0.466. The lowest BCUT2D eigenvalue weighted by Gasteiger charge is -2.18. The SMILES string of the molecule is O=C(COc1ccc(CO)cc1)N1CCC(Nc2ccc(COC(F)(F)F)cc2)C1. The van der Waals surface area contributed by atoms with Crippen LogP contribution in [0.15, 0.2) is 48.5 Å². The summed E-state index contributed by atoms with van der Waals surface area (Å²) in [6, 6.07) is 13.5. The van der Waals surface area contributed by atoms with Crippen LogP contribution in [-0.2, 0) is 22.7 Å². The zero-order valence-corrected chi connectivity index (χ0v) is 16.2. The first-order valence-electron chi connectivity index (χ1n) is 9.49. The van der Waals surface area contributed by atoms with Crippen LogP contribution >= 0.6 is 0 Å². The lowest BCUT2D eigenvalue weighted by Crippen LogP contribution is -2.35. The van der Waals surface area contributed by atoms with Crippen LogP contribution in [0.1, 0.15) is 17.5 Å². The molecule has 162 valence electrons. The van der Waals surface area contributed by atoms with Crippen LogP contribution in [0.2, 0.25) is 0 Å². The Bertz CT molecular complexity index is 826. The summed E-state index contributed by atoms with van der Waals surface area (Å²) < 4.78 is 45.6. The average molecular weight is 424 g/mol. The van der Waals surface area contributed by atoms with Gasteiger partial charge < -0.3 is 20.1 Å². The minimum absolute atomic E-state index is 0.0502. The number of nitrogens with one attached hydrogen (secondary N) is 1. The molecule has 1 unspecified atom stereocenters. The van der Waals surface area contributed by atoms with Gasteiger partial charge in [0.15, 0.2) is 6.61 Å². The first kappa shape index (κ1) is 21.9. The van der Waals surface area contributed by atoms with Crippen molar-refractivity contribution in [2.45, 2.75) is 32.0 Å². The third-order valence-electron chi connectivity index (χ3n) is 4.74. The molecule has 2 aromatic rings. The van der Waals surface area contributed by atoms with Crippen molar-refractivity contribution in [1.82, 2.24) is 4.90 Å². The van der Waals surface area contributed by atoms with Crippen LogP contribution in [-0.4, -0.2) is 48.0 Å². The van der Waals surface area contributed by atoms with E-state index in [1.165, 1.54) is 0 Å². The van der Waals surface area contributed by atoms with Crippen LogP contribution in [0.3, 0.4) is 0 Å². The van der Waals surface area contributed by atoms with E-state index in [1.54, 1.807) is 53.4 Å². The van der Waals surface area contributed by atoms with Gasteiger partial charge in [0.1, 0.15) is 5.75 Å². The number of alkyl halides is 3. The molecule has 30 heavy (non-hydrogen) atoms. The Balaban J connectivity index is 1.42. The van der Waals surface area contributed by atoms with Crippen molar-refractivity contribution in [3.05, 3.63) is 59.7 Å². The molecule has 0 bridgehead atoms. The van der Waals surface area contributed by atoms with E-state index < -0.39 is 13.0 Å². The highest BCUT2D eigenvalue weighted by Gasteiger charge is 2.29. The van der Waals surface area contributed by atoms with Gasteiger partial charge in [-0.1, -0.05) is 24.3 Å². The van der Waals surface area contributed by atoms with Gasteiger partial charge in [-0.2, -0.15) is 0 Å². The van der Waals surface area contributed by atoms with Crippen molar-refractivity contribution >= 4 is 11.6 Å². The molecule has 2 aromatic carbocycles. The third kappa shape index (κ3) is 6.64. The zero-order chi connectivity index (χ0) is 21.6. The predicted octanol–water partition coefficient (Wildman–Crippen LogP) is 3.31. The minimum Gasteiger partial charge on any atom is -0.484 e. The minimum atomic E-state index is -4.65. The maximum Gasteiger partial charge on any atom is 0.522 e. The normalized spacial score (nSPS) is 16.5. The molecule has 1 aliphatic rings. The van der Waals surface area contributed by atoms with Gasteiger partial charge in [0.25, 0.3) is 5.91 Å². The second kappa shape index (κ2) is 9.82. The molecule has 0 spiro atoms. The highest BCUT2D eigenvalue weighted by atomic mass is 19.4. The van der Waals surface area contributed by atoms with Crippen LogP contribution in [0.4, 0.5) is 18.9 Å². The fourth-order valence-corrected chi connectivity index (χ4v) is 3.13. The lowest BCUT2D eigenvalue weighted by atomic mass is 10.2. The molecule has 1 atom stereocenters. The van der Waals surface area contributed by atoms with Crippen LogP contribution in [0.25, 0.3) is 0 Å². The molecule has 6 nitrogen and oxygen atoms in total. The molecule has 1 saturated heterocycles. The summed E-state index contributed by atoms with van der Waals surface area (Å²) in [4.78, 5) is 14.1. The number of likely N-dealkylation sites (tertiary alicyclic amines) is 1. The van der Waals surface area contributed by atoms with E-state index in [4.69, 9.17) is 9.84 Å². The van der Waals surface area contributed by atoms with E-state index in [0.717, 1.165) is 17.7 Å². The number of hydrogen-bond donors (Lipinski definition) is 2. The van der Waals surface area contributed by atoms with Crippen molar-refractivity contribution in [3.63, 3.8) is 0 Å². The number of rotatable bonds is 8. The van der Waals surface area contributed by atoms with Gasteiger partial charge in [0.05, 0.1) is 13.2 Å². The van der Waals surface area contributed by atoms with Crippen LogP contribution in [0.5, 0.6) is 5.75 Å². The highest BCUT2D eigenvalue weighted by molar-refractivity contribution is 5.78. The zero-order valence-electron chi connectivity index (χ0n) is 16.2. The number of aliphatic hydroxyl groups is 1. The number of ether oxygens (including phenoxy) is 2. The number of amides is 1. The van der Waals surface area contributed by atoms with Gasteiger partial charge in [0.2, 0.25) is 0 Å². The van der Waals surface area contributed by atoms with E-state index >= 15 is 0 Å². The molecule has 0 radical (unpaired) electrons. The number of anilines is 1. The van der Waals surface area contributed by atoms with Crippen molar-refractivity contribution < 1.29 is 32.5 Å². The monoisotopic (exact) mass is 424 g/mol. The number of carbonyl (C=O) groups is 1. The first-order chi connectivity index (χ1) is 14.3. The van der Waals surface area contributed by atoms with Gasteiger partial charge in [-0.05, 0) is 41.8 Å². The Labute approximate surface area is 172 Å². The van der Waals surface area contributed by atoms with Gasteiger partial charge in [-0.25, -0.2) is 0 Å². The fraction of sp³-hybridized carbons (Fsp3) is 0.381. The molecule has 0 saturated carbocycles. The smallest absolute Gasteiger partial charge is 0.484 e. The molecular formula is C21H23F3N2O4. The topological polar surface area (TPSA) is 71.0 Å². The summed E-state index contributed by atoms with van der Waals surface area (Å²) >= 11 is 0. The number of halogens is 3. The standard InChI is InChI=1S/C21H23F3N2O4/c22-21(23,24)30-13-16-1-5-17(6-2-16)25-18-9-10-26(11-18)20(28)14-29-19-7-3-15(12-27)4-8-19/h1-8,18,25,27H,9-14H2. The Kier molecular flexibility index (Phi) is 7.17. The fourth-order valence-electron chi connectivity index (χ4n) is 3.13. The molecule has 9 heteroatoms. The molecule has 1 fully saturated rings. The predicted molar refractivity (Wildman–Crippen MR) is 104 cm³/mol. The molecule has 1 heterocycles. The number of hydrogen-bond acceptors (Lipinski definition) is 5. The van der Waals surface area contributed by atoms with E-state index in [9.17, 15) is 18.0 Å². The van der Waals surface area contributed by atoms with Crippen LogP contribution < -0.4 is 10.1 Å². The van der Waals surface area contributed by atoms with Crippen molar-refractivity contribution in [3.8, 4) is 5.75 Å². The summed E-state index contributed by atoms with van der Waals surface area (Å²) in [5.74, 6) is 0.439. The number of nitrogens with zero attached hydrogens (tertiary/aromatic N) is 1. The van der Waals surface area contributed by atoms with E-state index in [2.05, 4.69) is 10.1 Å². The maximum absolute atomic E-state index is 12.4. The quantitative estimate of drug-likeness (QED) is 0.681. The second-order valence-corrected chi connectivity index (χ2v) is 6.99. The van der Waals surface area contributed by atoms with Crippen molar-refractivity contribution in [1.29, 1.82) is 0 Å².